The standard InChI is InChI=1S/C12H14O3/c13-10-7-5-9(6-8-10)12(14)15-11-3-1-2-4-11/h5-8,11,13H,1-4H2. The highest BCUT2D eigenvalue weighted by Gasteiger charge is 2.19. The van der Waals surface area contributed by atoms with Crippen LogP contribution in [0.4, 0.5) is 0 Å². The second-order valence-corrected chi connectivity index (χ2v) is 3.86. The monoisotopic (exact) mass is 206 g/mol. The minimum absolute atomic E-state index is 0.0892. The molecule has 1 aromatic rings. The molecule has 0 aromatic heterocycles. The molecular formula is C12H14O3. The zero-order valence-corrected chi connectivity index (χ0v) is 8.48. The van der Waals surface area contributed by atoms with E-state index in [0.29, 0.717) is 5.56 Å². The fourth-order valence-electron chi connectivity index (χ4n) is 1.82. The van der Waals surface area contributed by atoms with Crippen molar-refractivity contribution in [2.45, 2.75) is 31.8 Å². The predicted molar refractivity (Wildman–Crippen MR) is 55.8 cm³/mol. The van der Waals surface area contributed by atoms with Gasteiger partial charge in [0, 0.05) is 0 Å². The van der Waals surface area contributed by atoms with Crippen LogP contribution >= 0.6 is 0 Å². The number of phenolic OH excluding ortho intramolecular Hbond substituents is 1. The van der Waals surface area contributed by atoms with Crippen LogP contribution in [0.3, 0.4) is 0 Å². The second kappa shape index (κ2) is 4.34. The van der Waals surface area contributed by atoms with Crippen LogP contribution in [0, 0.1) is 0 Å². The van der Waals surface area contributed by atoms with Gasteiger partial charge in [-0.25, -0.2) is 4.79 Å². The molecule has 1 aliphatic rings. The lowest BCUT2D eigenvalue weighted by molar-refractivity contribution is 0.0318. The quantitative estimate of drug-likeness (QED) is 0.756. The average molecular weight is 206 g/mol. The van der Waals surface area contributed by atoms with Crippen molar-refractivity contribution in [2.24, 2.45) is 0 Å². The highest BCUT2D eigenvalue weighted by atomic mass is 16.5. The third-order valence-corrected chi connectivity index (χ3v) is 2.68. The van der Waals surface area contributed by atoms with Gasteiger partial charge in [-0.3, -0.25) is 0 Å². The maximum atomic E-state index is 11.6. The van der Waals surface area contributed by atoms with Gasteiger partial charge < -0.3 is 9.84 Å². The predicted octanol–water partition coefficient (Wildman–Crippen LogP) is 2.49. The molecule has 0 amide bonds. The molecular weight excluding hydrogens is 192 g/mol. The van der Waals surface area contributed by atoms with Crippen molar-refractivity contribution in [1.82, 2.24) is 0 Å². The lowest BCUT2D eigenvalue weighted by Gasteiger charge is -2.10. The third kappa shape index (κ3) is 2.49. The molecule has 3 heteroatoms. The first-order valence-electron chi connectivity index (χ1n) is 5.26. The fourth-order valence-corrected chi connectivity index (χ4v) is 1.82. The molecule has 0 atom stereocenters. The number of rotatable bonds is 2. The van der Waals surface area contributed by atoms with E-state index in [9.17, 15) is 4.79 Å². The van der Waals surface area contributed by atoms with Crippen LogP contribution in [0.5, 0.6) is 5.75 Å². The Morgan fingerprint density at radius 1 is 1.20 bits per heavy atom. The minimum atomic E-state index is -0.290. The first kappa shape index (κ1) is 10.0. The molecule has 1 N–H and O–H groups in total. The van der Waals surface area contributed by atoms with Crippen molar-refractivity contribution in [3.63, 3.8) is 0 Å². The number of phenols is 1. The number of ether oxygens (including phenoxy) is 1. The Morgan fingerprint density at radius 3 is 2.40 bits per heavy atom. The topological polar surface area (TPSA) is 46.5 Å². The SMILES string of the molecule is O=C(OC1CCCC1)c1ccc(O)cc1. The Bertz CT molecular complexity index is 336. The zero-order valence-electron chi connectivity index (χ0n) is 8.48. The average Bonchev–Trinajstić information content (AvgIpc) is 2.71. The molecule has 3 nitrogen and oxygen atoms in total. The van der Waals surface area contributed by atoms with E-state index in [1.807, 2.05) is 0 Å². The summed E-state index contributed by atoms with van der Waals surface area (Å²) in [4.78, 5) is 11.6. The summed E-state index contributed by atoms with van der Waals surface area (Å²) in [6.45, 7) is 0. The smallest absolute Gasteiger partial charge is 0.338 e. The maximum absolute atomic E-state index is 11.6. The van der Waals surface area contributed by atoms with E-state index < -0.39 is 0 Å². The van der Waals surface area contributed by atoms with Crippen molar-refractivity contribution < 1.29 is 14.6 Å². The Kier molecular flexibility index (Phi) is 2.90. The van der Waals surface area contributed by atoms with Crippen LogP contribution < -0.4 is 0 Å². The number of carbonyl (C=O) groups excluding carboxylic acids is 1. The summed E-state index contributed by atoms with van der Waals surface area (Å²) < 4.78 is 5.32. The van der Waals surface area contributed by atoms with Crippen LogP contribution in [0.1, 0.15) is 36.0 Å². The van der Waals surface area contributed by atoms with Gasteiger partial charge in [-0.1, -0.05) is 0 Å². The van der Waals surface area contributed by atoms with Gasteiger partial charge in [0.2, 0.25) is 0 Å². The van der Waals surface area contributed by atoms with Gasteiger partial charge in [-0.2, -0.15) is 0 Å². The Labute approximate surface area is 88.7 Å². The summed E-state index contributed by atoms with van der Waals surface area (Å²) in [7, 11) is 0. The van der Waals surface area contributed by atoms with Crippen LogP contribution in [0.2, 0.25) is 0 Å². The molecule has 80 valence electrons. The van der Waals surface area contributed by atoms with E-state index in [1.165, 1.54) is 12.1 Å². The van der Waals surface area contributed by atoms with Gasteiger partial charge in [-0.05, 0) is 49.9 Å². The Balaban J connectivity index is 1.98. The van der Waals surface area contributed by atoms with Gasteiger partial charge >= 0.3 is 5.97 Å². The van der Waals surface area contributed by atoms with Gasteiger partial charge in [0.05, 0.1) is 5.56 Å². The molecule has 0 unspecified atom stereocenters. The molecule has 0 heterocycles. The summed E-state index contributed by atoms with van der Waals surface area (Å²) in [6.07, 6.45) is 4.33. The number of aromatic hydroxyl groups is 1. The van der Waals surface area contributed by atoms with E-state index in [4.69, 9.17) is 9.84 Å². The molecule has 0 spiro atoms. The zero-order chi connectivity index (χ0) is 10.7. The second-order valence-electron chi connectivity index (χ2n) is 3.86. The number of hydrogen-bond donors (Lipinski definition) is 1. The van der Waals surface area contributed by atoms with Crippen molar-refractivity contribution in [3.05, 3.63) is 29.8 Å². The number of benzene rings is 1. The van der Waals surface area contributed by atoms with Crippen molar-refractivity contribution >= 4 is 5.97 Å². The van der Waals surface area contributed by atoms with Crippen LogP contribution in [-0.4, -0.2) is 17.2 Å². The first-order valence-corrected chi connectivity index (χ1v) is 5.26. The molecule has 0 saturated heterocycles. The van der Waals surface area contributed by atoms with E-state index in [2.05, 4.69) is 0 Å². The van der Waals surface area contributed by atoms with E-state index >= 15 is 0 Å². The molecule has 1 aliphatic carbocycles. The van der Waals surface area contributed by atoms with Gasteiger partial charge in [0.15, 0.2) is 0 Å². The number of hydrogen-bond acceptors (Lipinski definition) is 3. The van der Waals surface area contributed by atoms with E-state index in [1.54, 1.807) is 12.1 Å². The van der Waals surface area contributed by atoms with Gasteiger partial charge in [0.25, 0.3) is 0 Å². The summed E-state index contributed by atoms with van der Waals surface area (Å²) in [6, 6.07) is 6.13. The summed E-state index contributed by atoms with van der Waals surface area (Å²) in [5.74, 6) is -0.130. The van der Waals surface area contributed by atoms with Crippen LogP contribution in [-0.2, 0) is 4.74 Å². The highest BCUT2D eigenvalue weighted by molar-refractivity contribution is 5.89. The third-order valence-electron chi connectivity index (χ3n) is 2.68. The molecule has 15 heavy (non-hydrogen) atoms. The van der Waals surface area contributed by atoms with Crippen molar-refractivity contribution in [3.8, 4) is 5.75 Å². The molecule has 0 radical (unpaired) electrons. The molecule has 0 aliphatic heterocycles. The summed E-state index contributed by atoms with van der Waals surface area (Å²) in [5, 5.41) is 9.07. The first-order chi connectivity index (χ1) is 7.25. The Morgan fingerprint density at radius 2 is 1.80 bits per heavy atom. The van der Waals surface area contributed by atoms with Gasteiger partial charge in [0.1, 0.15) is 11.9 Å². The molecule has 1 aromatic carbocycles. The molecule has 2 rings (SSSR count). The lowest BCUT2D eigenvalue weighted by Crippen LogP contribution is -2.14. The lowest BCUT2D eigenvalue weighted by atomic mass is 10.2. The van der Waals surface area contributed by atoms with Crippen LogP contribution in [0.15, 0.2) is 24.3 Å². The maximum Gasteiger partial charge on any atom is 0.338 e. The highest BCUT2D eigenvalue weighted by Crippen LogP contribution is 2.22. The number of carbonyl (C=O) groups is 1. The van der Waals surface area contributed by atoms with E-state index in [-0.39, 0.29) is 17.8 Å². The summed E-state index contributed by atoms with van der Waals surface area (Å²) >= 11 is 0. The Hall–Kier alpha value is -1.51. The van der Waals surface area contributed by atoms with Crippen LogP contribution in [0.25, 0.3) is 0 Å². The van der Waals surface area contributed by atoms with Crippen molar-refractivity contribution in [2.75, 3.05) is 0 Å². The van der Waals surface area contributed by atoms with Gasteiger partial charge in [-0.15, -0.1) is 0 Å². The van der Waals surface area contributed by atoms with E-state index in [0.717, 1.165) is 25.7 Å². The normalized spacial score (nSPS) is 16.5. The molecule has 1 saturated carbocycles. The number of esters is 1. The molecule has 1 fully saturated rings. The largest absolute Gasteiger partial charge is 0.508 e. The fraction of sp³-hybridized carbons (Fsp3) is 0.417. The minimum Gasteiger partial charge on any atom is -0.508 e. The molecule has 0 bridgehead atoms. The van der Waals surface area contributed by atoms with Crippen molar-refractivity contribution in [1.29, 1.82) is 0 Å². The summed E-state index contributed by atoms with van der Waals surface area (Å²) in [5.41, 5.74) is 0.500.